The molecule has 0 saturated carbocycles. The molecule has 0 aliphatic carbocycles. The molecule has 0 aromatic heterocycles. The van der Waals surface area contributed by atoms with Crippen LogP contribution in [0, 0.1) is 12.7 Å². The van der Waals surface area contributed by atoms with Crippen molar-refractivity contribution in [1.29, 1.82) is 0 Å². The first-order valence-corrected chi connectivity index (χ1v) is 4.90. The zero-order valence-corrected chi connectivity index (χ0v) is 9.18. The molecule has 0 fully saturated rings. The Labute approximate surface area is 90.0 Å². The number of halogens is 1. The fourth-order valence-electron chi connectivity index (χ4n) is 1.59. The van der Waals surface area contributed by atoms with E-state index in [4.69, 9.17) is 5.84 Å². The third-order valence-corrected chi connectivity index (χ3v) is 2.22. The van der Waals surface area contributed by atoms with Crippen molar-refractivity contribution in [3.8, 4) is 0 Å². The van der Waals surface area contributed by atoms with E-state index in [1.807, 2.05) is 19.9 Å². The van der Waals surface area contributed by atoms with Gasteiger partial charge in [0.1, 0.15) is 5.82 Å². The molecule has 3 heteroatoms. The minimum atomic E-state index is -0.230. The number of nitrogens with two attached hydrogens (primary N) is 1. The van der Waals surface area contributed by atoms with Crippen molar-refractivity contribution in [2.24, 2.45) is 5.84 Å². The highest BCUT2D eigenvalue weighted by molar-refractivity contribution is 5.27. The van der Waals surface area contributed by atoms with E-state index in [1.165, 1.54) is 12.1 Å². The van der Waals surface area contributed by atoms with Gasteiger partial charge < -0.3 is 0 Å². The van der Waals surface area contributed by atoms with Gasteiger partial charge in [0.15, 0.2) is 0 Å². The topological polar surface area (TPSA) is 38.0 Å². The molecule has 1 aromatic carbocycles. The molecule has 1 atom stereocenters. The molecule has 0 heterocycles. The molecule has 0 amide bonds. The normalized spacial score (nSPS) is 12.5. The Bertz CT molecular complexity index is 340. The molecule has 0 spiro atoms. The third kappa shape index (κ3) is 3.46. The zero-order chi connectivity index (χ0) is 11.4. The lowest BCUT2D eigenvalue weighted by Crippen LogP contribution is -2.28. The molecular formula is C12H17FN2. The maximum absolute atomic E-state index is 13.2. The predicted octanol–water partition coefficient (Wildman–Crippen LogP) is 2.60. The second kappa shape index (κ2) is 5.05. The second-order valence-corrected chi connectivity index (χ2v) is 3.94. The van der Waals surface area contributed by atoms with Gasteiger partial charge in [0.05, 0.1) is 0 Å². The van der Waals surface area contributed by atoms with Crippen LogP contribution >= 0.6 is 0 Å². The summed E-state index contributed by atoms with van der Waals surface area (Å²) in [5.74, 6) is 5.21. The van der Waals surface area contributed by atoms with Gasteiger partial charge in [-0.15, -0.1) is 6.58 Å². The molecule has 82 valence electrons. The van der Waals surface area contributed by atoms with Gasteiger partial charge in [0.2, 0.25) is 0 Å². The Morgan fingerprint density at radius 1 is 1.53 bits per heavy atom. The number of hydrazine groups is 1. The number of benzene rings is 1. The third-order valence-electron chi connectivity index (χ3n) is 2.22. The molecule has 3 N–H and O–H groups in total. The van der Waals surface area contributed by atoms with Crippen LogP contribution < -0.4 is 11.3 Å². The van der Waals surface area contributed by atoms with Crippen LogP contribution in [-0.2, 0) is 0 Å². The molecule has 1 aromatic rings. The molecule has 1 unspecified atom stereocenters. The summed E-state index contributed by atoms with van der Waals surface area (Å²) < 4.78 is 13.2. The fraction of sp³-hybridized carbons (Fsp3) is 0.333. The van der Waals surface area contributed by atoms with Crippen molar-refractivity contribution in [3.05, 3.63) is 47.3 Å². The van der Waals surface area contributed by atoms with Gasteiger partial charge in [0, 0.05) is 6.04 Å². The summed E-state index contributed by atoms with van der Waals surface area (Å²) in [6, 6.07) is 4.85. The number of nitrogens with one attached hydrogen (secondary N) is 1. The van der Waals surface area contributed by atoms with E-state index in [-0.39, 0.29) is 11.9 Å². The van der Waals surface area contributed by atoms with Gasteiger partial charge in [-0.3, -0.25) is 11.3 Å². The Morgan fingerprint density at radius 3 is 2.67 bits per heavy atom. The highest BCUT2D eigenvalue weighted by Gasteiger charge is 2.11. The van der Waals surface area contributed by atoms with E-state index in [9.17, 15) is 4.39 Å². The van der Waals surface area contributed by atoms with Gasteiger partial charge in [-0.25, -0.2) is 4.39 Å². The van der Waals surface area contributed by atoms with Crippen LogP contribution in [0.25, 0.3) is 0 Å². The van der Waals surface area contributed by atoms with Gasteiger partial charge in [-0.1, -0.05) is 11.6 Å². The van der Waals surface area contributed by atoms with E-state index in [0.717, 1.165) is 16.7 Å². The van der Waals surface area contributed by atoms with Crippen LogP contribution in [0.3, 0.4) is 0 Å². The Kier molecular flexibility index (Phi) is 4.00. The van der Waals surface area contributed by atoms with Crippen molar-refractivity contribution in [3.63, 3.8) is 0 Å². The fourth-order valence-corrected chi connectivity index (χ4v) is 1.59. The number of hydrogen-bond acceptors (Lipinski definition) is 2. The van der Waals surface area contributed by atoms with Crippen LogP contribution in [0.5, 0.6) is 0 Å². The minimum absolute atomic E-state index is 0.0723. The highest BCUT2D eigenvalue weighted by Crippen LogP contribution is 2.21. The summed E-state index contributed by atoms with van der Waals surface area (Å²) in [7, 11) is 0. The highest BCUT2D eigenvalue weighted by atomic mass is 19.1. The van der Waals surface area contributed by atoms with Crippen LogP contribution in [0.1, 0.15) is 30.5 Å². The van der Waals surface area contributed by atoms with E-state index in [2.05, 4.69) is 12.0 Å². The lowest BCUT2D eigenvalue weighted by atomic mass is 9.99. The Hall–Kier alpha value is -1.19. The molecule has 0 aliphatic rings. The zero-order valence-electron chi connectivity index (χ0n) is 9.18. The molecular weight excluding hydrogens is 191 g/mol. The van der Waals surface area contributed by atoms with Crippen LogP contribution in [-0.4, -0.2) is 0 Å². The first-order chi connectivity index (χ1) is 7.02. The molecule has 0 aliphatic heterocycles. The van der Waals surface area contributed by atoms with E-state index < -0.39 is 0 Å². The summed E-state index contributed by atoms with van der Waals surface area (Å²) in [6.07, 6.45) is 0.708. The summed E-state index contributed by atoms with van der Waals surface area (Å²) in [4.78, 5) is 0. The molecule has 15 heavy (non-hydrogen) atoms. The molecule has 0 saturated heterocycles. The smallest absolute Gasteiger partial charge is 0.123 e. The number of hydrogen-bond donors (Lipinski definition) is 2. The molecule has 2 nitrogen and oxygen atoms in total. The maximum Gasteiger partial charge on any atom is 0.123 e. The minimum Gasteiger partial charge on any atom is -0.271 e. The van der Waals surface area contributed by atoms with E-state index in [0.29, 0.717) is 6.42 Å². The average molecular weight is 208 g/mol. The van der Waals surface area contributed by atoms with Crippen molar-refractivity contribution >= 4 is 0 Å². The summed E-state index contributed by atoms with van der Waals surface area (Å²) in [6.45, 7) is 7.61. The quantitative estimate of drug-likeness (QED) is 0.453. The monoisotopic (exact) mass is 208 g/mol. The Morgan fingerprint density at radius 2 is 2.20 bits per heavy atom. The summed E-state index contributed by atoms with van der Waals surface area (Å²) >= 11 is 0. The van der Waals surface area contributed by atoms with Crippen molar-refractivity contribution < 1.29 is 4.39 Å². The number of rotatable bonds is 4. The Balaban J connectivity index is 2.95. The van der Waals surface area contributed by atoms with Crippen molar-refractivity contribution in [2.75, 3.05) is 0 Å². The van der Waals surface area contributed by atoms with Crippen molar-refractivity contribution in [1.82, 2.24) is 5.43 Å². The second-order valence-electron chi connectivity index (χ2n) is 3.94. The van der Waals surface area contributed by atoms with Crippen molar-refractivity contribution in [2.45, 2.75) is 26.3 Å². The SMILES string of the molecule is C=C(C)CC(NN)c1cc(C)cc(F)c1. The lowest BCUT2D eigenvalue weighted by Gasteiger charge is -2.16. The van der Waals surface area contributed by atoms with Crippen LogP contribution in [0.2, 0.25) is 0 Å². The maximum atomic E-state index is 13.2. The first-order valence-electron chi connectivity index (χ1n) is 4.90. The van der Waals surface area contributed by atoms with Gasteiger partial charge in [-0.2, -0.15) is 0 Å². The largest absolute Gasteiger partial charge is 0.271 e. The summed E-state index contributed by atoms with van der Waals surface area (Å²) in [5, 5.41) is 0. The van der Waals surface area contributed by atoms with Crippen LogP contribution in [0.15, 0.2) is 30.4 Å². The predicted molar refractivity (Wildman–Crippen MR) is 60.6 cm³/mol. The van der Waals surface area contributed by atoms with E-state index >= 15 is 0 Å². The molecule has 1 rings (SSSR count). The lowest BCUT2D eigenvalue weighted by molar-refractivity contribution is 0.542. The average Bonchev–Trinajstić information content (AvgIpc) is 2.12. The summed E-state index contributed by atoms with van der Waals surface area (Å²) in [5.41, 5.74) is 5.44. The van der Waals surface area contributed by atoms with E-state index in [1.54, 1.807) is 0 Å². The standard InChI is InChI=1S/C12H17FN2/c1-8(2)4-12(15-14)10-5-9(3)6-11(13)7-10/h5-7,12,15H,1,4,14H2,2-3H3. The molecule has 0 radical (unpaired) electrons. The van der Waals surface area contributed by atoms with Crippen LogP contribution in [0.4, 0.5) is 4.39 Å². The first kappa shape index (κ1) is 11.9. The van der Waals surface area contributed by atoms with Gasteiger partial charge in [0.25, 0.3) is 0 Å². The van der Waals surface area contributed by atoms with Gasteiger partial charge >= 0.3 is 0 Å². The number of aryl methyl sites for hydroxylation is 1. The molecule has 0 bridgehead atoms. The van der Waals surface area contributed by atoms with Gasteiger partial charge in [-0.05, 0) is 43.5 Å².